The number of aryl methyl sites for hydroxylation is 1. The first-order valence-electron chi connectivity index (χ1n) is 5.81. The van der Waals surface area contributed by atoms with E-state index in [0.717, 1.165) is 26.8 Å². The lowest BCUT2D eigenvalue weighted by Gasteiger charge is -2.10. The number of rotatable bonds is 4. The SMILES string of the molecule is CCc1cnccc1-c1nc(Cl)c(I)c(COC)n1. The maximum absolute atomic E-state index is 6.17. The second kappa shape index (κ2) is 6.58. The lowest BCUT2D eigenvalue weighted by Crippen LogP contribution is -2.03. The van der Waals surface area contributed by atoms with Crippen LogP contribution in [0.25, 0.3) is 11.4 Å². The van der Waals surface area contributed by atoms with Crippen LogP contribution in [0.3, 0.4) is 0 Å². The van der Waals surface area contributed by atoms with Crippen LogP contribution in [-0.4, -0.2) is 22.1 Å². The highest BCUT2D eigenvalue weighted by molar-refractivity contribution is 14.1. The van der Waals surface area contributed by atoms with Crippen molar-refractivity contribution in [3.8, 4) is 11.4 Å². The van der Waals surface area contributed by atoms with Gasteiger partial charge in [-0.05, 0) is 40.6 Å². The molecule has 0 aliphatic carbocycles. The molecule has 6 heteroatoms. The van der Waals surface area contributed by atoms with Gasteiger partial charge in [-0.2, -0.15) is 0 Å². The van der Waals surface area contributed by atoms with Gasteiger partial charge in [0.2, 0.25) is 0 Å². The number of hydrogen-bond acceptors (Lipinski definition) is 4. The second-order valence-electron chi connectivity index (χ2n) is 3.92. The molecule has 4 nitrogen and oxygen atoms in total. The summed E-state index contributed by atoms with van der Waals surface area (Å²) in [5.74, 6) is 0.622. The highest BCUT2D eigenvalue weighted by Gasteiger charge is 2.13. The zero-order valence-electron chi connectivity index (χ0n) is 10.7. The monoisotopic (exact) mass is 389 g/mol. The van der Waals surface area contributed by atoms with Gasteiger partial charge in [0.15, 0.2) is 5.82 Å². The summed E-state index contributed by atoms with van der Waals surface area (Å²) in [5.41, 5.74) is 2.87. The fourth-order valence-electron chi connectivity index (χ4n) is 1.74. The maximum Gasteiger partial charge on any atom is 0.161 e. The third-order valence-electron chi connectivity index (χ3n) is 2.69. The van der Waals surface area contributed by atoms with Gasteiger partial charge in [-0.3, -0.25) is 4.98 Å². The summed E-state index contributed by atoms with van der Waals surface area (Å²) in [6.45, 7) is 2.49. The first kappa shape index (κ1) is 14.6. The topological polar surface area (TPSA) is 47.9 Å². The summed E-state index contributed by atoms with van der Waals surface area (Å²) >= 11 is 8.30. The Morgan fingerprint density at radius 3 is 2.84 bits per heavy atom. The van der Waals surface area contributed by atoms with Crippen LogP contribution in [0, 0.1) is 3.57 Å². The van der Waals surface area contributed by atoms with Gasteiger partial charge in [0.05, 0.1) is 15.9 Å². The van der Waals surface area contributed by atoms with Crippen molar-refractivity contribution in [1.82, 2.24) is 15.0 Å². The zero-order chi connectivity index (χ0) is 13.8. The Morgan fingerprint density at radius 2 is 2.16 bits per heavy atom. The Hall–Kier alpha value is -0.790. The normalized spacial score (nSPS) is 10.7. The zero-order valence-corrected chi connectivity index (χ0v) is 13.6. The Bertz CT molecular complexity index is 592. The number of pyridine rings is 1. The van der Waals surface area contributed by atoms with E-state index in [2.05, 4.69) is 44.5 Å². The molecule has 19 heavy (non-hydrogen) atoms. The Morgan fingerprint density at radius 1 is 1.37 bits per heavy atom. The first-order valence-corrected chi connectivity index (χ1v) is 7.27. The van der Waals surface area contributed by atoms with Crippen molar-refractivity contribution >= 4 is 34.2 Å². The highest BCUT2D eigenvalue weighted by Crippen LogP contribution is 2.26. The van der Waals surface area contributed by atoms with Crippen molar-refractivity contribution in [3.05, 3.63) is 38.4 Å². The van der Waals surface area contributed by atoms with E-state index in [4.69, 9.17) is 16.3 Å². The van der Waals surface area contributed by atoms with E-state index in [1.54, 1.807) is 13.3 Å². The molecule has 2 aromatic heterocycles. The number of ether oxygens (including phenoxy) is 1. The Balaban J connectivity index is 2.56. The average molecular weight is 390 g/mol. The van der Waals surface area contributed by atoms with E-state index >= 15 is 0 Å². The number of halogens is 2. The summed E-state index contributed by atoms with van der Waals surface area (Å²) in [7, 11) is 1.63. The minimum Gasteiger partial charge on any atom is -0.378 e. The second-order valence-corrected chi connectivity index (χ2v) is 5.35. The summed E-state index contributed by atoms with van der Waals surface area (Å²) in [4.78, 5) is 13.0. The first-order chi connectivity index (χ1) is 9.17. The lowest BCUT2D eigenvalue weighted by atomic mass is 10.1. The molecule has 2 rings (SSSR count). The molecule has 2 aromatic rings. The number of methoxy groups -OCH3 is 1. The maximum atomic E-state index is 6.17. The van der Waals surface area contributed by atoms with Gasteiger partial charge in [0, 0.05) is 25.1 Å². The minimum absolute atomic E-state index is 0.417. The molecule has 0 aliphatic rings. The number of aromatic nitrogens is 3. The highest BCUT2D eigenvalue weighted by atomic mass is 127. The summed E-state index contributed by atoms with van der Waals surface area (Å²) in [6.07, 6.45) is 4.44. The van der Waals surface area contributed by atoms with Gasteiger partial charge >= 0.3 is 0 Å². The van der Waals surface area contributed by atoms with Gasteiger partial charge in [-0.15, -0.1) is 0 Å². The standard InChI is InChI=1S/C13H13ClIN3O/c1-3-8-6-16-5-4-9(8)13-17-10(7-19-2)11(15)12(14)18-13/h4-6H,3,7H2,1-2H3. The summed E-state index contributed by atoms with van der Waals surface area (Å²) in [5, 5.41) is 0.455. The fraction of sp³-hybridized carbons (Fsp3) is 0.308. The van der Waals surface area contributed by atoms with Gasteiger partial charge in [-0.1, -0.05) is 18.5 Å². The van der Waals surface area contributed by atoms with Crippen LogP contribution in [0.1, 0.15) is 18.2 Å². The molecule has 0 radical (unpaired) electrons. The summed E-state index contributed by atoms with van der Waals surface area (Å²) in [6, 6.07) is 1.91. The van der Waals surface area contributed by atoms with E-state index in [0.29, 0.717) is 17.6 Å². The number of nitrogens with zero attached hydrogens (tertiary/aromatic N) is 3. The van der Waals surface area contributed by atoms with Gasteiger partial charge in [0.1, 0.15) is 5.15 Å². The fourth-order valence-corrected chi connectivity index (χ4v) is 2.33. The van der Waals surface area contributed by atoms with E-state index in [1.165, 1.54) is 0 Å². The van der Waals surface area contributed by atoms with Crippen molar-refractivity contribution in [3.63, 3.8) is 0 Å². The van der Waals surface area contributed by atoms with Crippen LogP contribution >= 0.6 is 34.2 Å². The molecule has 0 spiro atoms. The molecule has 0 aliphatic heterocycles. The third-order valence-corrected chi connectivity index (χ3v) is 4.41. The van der Waals surface area contributed by atoms with Crippen molar-refractivity contribution in [1.29, 1.82) is 0 Å². The predicted octanol–water partition coefficient (Wildman–Crippen LogP) is 3.51. The van der Waals surface area contributed by atoms with Crippen LogP contribution in [0.2, 0.25) is 5.15 Å². The van der Waals surface area contributed by atoms with Crippen molar-refractivity contribution in [2.24, 2.45) is 0 Å². The van der Waals surface area contributed by atoms with Gasteiger partial charge in [-0.25, -0.2) is 9.97 Å². The van der Waals surface area contributed by atoms with Crippen molar-refractivity contribution in [2.45, 2.75) is 20.0 Å². The molecular formula is C13H13ClIN3O. The Kier molecular flexibility index (Phi) is 5.06. The molecule has 0 saturated heterocycles. The van der Waals surface area contributed by atoms with Crippen LogP contribution < -0.4 is 0 Å². The molecule has 0 N–H and O–H groups in total. The van der Waals surface area contributed by atoms with E-state index in [-0.39, 0.29) is 0 Å². The molecule has 0 amide bonds. The largest absolute Gasteiger partial charge is 0.378 e. The van der Waals surface area contributed by atoms with Crippen LogP contribution in [0.5, 0.6) is 0 Å². The average Bonchev–Trinajstić information content (AvgIpc) is 2.43. The molecule has 0 saturated carbocycles. The van der Waals surface area contributed by atoms with E-state index < -0.39 is 0 Å². The Labute approximate surface area is 130 Å². The van der Waals surface area contributed by atoms with Crippen molar-refractivity contribution < 1.29 is 4.74 Å². The molecule has 0 fully saturated rings. The quantitative estimate of drug-likeness (QED) is 0.593. The lowest BCUT2D eigenvalue weighted by molar-refractivity contribution is 0.181. The van der Waals surface area contributed by atoms with Gasteiger partial charge in [0.25, 0.3) is 0 Å². The smallest absolute Gasteiger partial charge is 0.161 e. The minimum atomic E-state index is 0.417. The third kappa shape index (κ3) is 3.21. The molecule has 0 unspecified atom stereocenters. The van der Waals surface area contributed by atoms with Gasteiger partial charge < -0.3 is 4.74 Å². The van der Waals surface area contributed by atoms with E-state index in [1.807, 2.05) is 12.3 Å². The molecule has 0 atom stereocenters. The summed E-state index contributed by atoms with van der Waals surface area (Å²) < 4.78 is 5.98. The predicted molar refractivity (Wildman–Crippen MR) is 83.1 cm³/mol. The molecule has 0 bridgehead atoms. The molecule has 100 valence electrons. The number of hydrogen-bond donors (Lipinski definition) is 0. The van der Waals surface area contributed by atoms with Crippen LogP contribution in [0.4, 0.5) is 0 Å². The van der Waals surface area contributed by atoms with Crippen LogP contribution in [0.15, 0.2) is 18.5 Å². The van der Waals surface area contributed by atoms with Crippen LogP contribution in [-0.2, 0) is 17.8 Å². The van der Waals surface area contributed by atoms with Crippen molar-refractivity contribution in [2.75, 3.05) is 7.11 Å². The molecule has 0 aromatic carbocycles. The molecule has 2 heterocycles. The molecular weight excluding hydrogens is 377 g/mol. The van der Waals surface area contributed by atoms with E-state index in [9.17, 15) is 0 Å².